The number of halogens is 1. The maximum absolute atomic E-state index is 12.8. The molecule has 1 N–H and O–H groups in total. The third kappa shape index (κ3) is 6.23. The van der Waals surface area contributed by atoms with Crippen molar-refractivity contribution in [2.75, 3.05) is 45.0 Å². The van der Waals surface area contributed by atoms with Gasteiger partial charge in [0.15, 0.2) is 0 Å². The largest absolute Gasteiger partial charge is 0.338 e. The van der Waals surface area contributed by atoms with E-state index >= 15 is 0 Å². The molecule has 1 aliphatic rings. The normalized spacial score (nSPS) is 16.0. The summed E-state index contributed by atoms with van der Waals surface area (Å²) in [4.78, 5) is 14.5. The van der Waals surface area contributed by atoms with E-state index in [1.54, 1.807) is 29.2 Å². The zero-order valence-corrected chi connectivity index (χ0v) is 17.0. The van der Waals surface area contributed by atoms with Crippen molar-refractivity contribution >= 4 is 27.5 Å². The van der Waals surface area contributed by atoms with E-state index in [1.165, 1.54) is 4.31 Å². The molecule has 1 aromatic rings. The van der Waals surface area contributed by atoms with Gasteiger partial charge in [0.1, 0.15) is 0 Å². The number of piperazine rings is 1. The van der Waals surface area contributed by atoms with E-state index in [4.69, 9.17) is 11.6 Å². The van der Waals surface area contributed by atoms with Crippen LogP contribution in [0.5, 0.6) is 0 Å². The molecule has 26 heavy (non-hydrogen) atoms. The molecule has 1 heterocycles. The van der Waals surface area contributed by atoms with Crippen LogP contribution in [0.4, 0.5) is 0 Å². The molecule has 0 spiro atoms. The van der Waals surface area contributed by atoms with Crippen molar-refractivity contribution in [2.45, 2.75) is 20.3 Å². The lowest BCUT2D eigenvalue weighted by molar-refractivity contribution is 0.0758. The highest BCUT2D eigenvalue weighted by Gasteiger charge is 2.26. The van der Waals surface area contributed by atoms with E-state index in [9.17, 15) is 13.2 Å². The lowest BCUT2D eigenvalue weighted by Crippen LogP contribution is -2.48. The van der Waals surface area contributed by atoms with Crippen LogP contribution >= 0.6 is 11.6 Å². The summed E-state index contributed by atoms with van der Waals surface area (Å²) >= 11 is 5.89. The van der Waals surface area contributed by atoms with Gasteiger partial charge in [0.05, 0.1) is 5.75 Å². The summed E-state index contributed by atoms with van der Waals surface area (Å²) in [7, 11) is -3.36. The van der Waals surface area contributed by atoms with Crippen molar-refractivity contribution in [1.82, 2.24) is 14.5 Å². The van der Waals surface area contributed by atoms with Crippen LogP contribution in [-0.4, -0.2) is 68.6 Å². The Hall–Kier alpha value is -1.15. The van der Waals surface area contributed by atoms with Gasteiger partial charge >= 0.3 is 0 Å². The zero-order valence-electron chi connectivity index (χ0n) is 15.4. The molecule has 2 rings (SSSR count). The fourth-order valence-corrected chi connectivity index (χ4v) is 4.36. The molecule has 8 heteroatoms. The Labute approximate surface area is 161 Å². The number of hydrogen-bond acceptors (Lipinski definition) is 4. The molecule has 0 aromatic heterocycles. The summed E-state index contributed by atoms with van der Waals surface area (Å²) in [5.74, 6) is 0.225. The molecule has 0 radical (unpaired) electrons. The van der Waals surface area contributed by atoms with Gasteiger partial charge in [-0.05, 0) is 36.6 Å². The van der Waals surface area contributed by atoms with E-state index in [1.807, 2.05) is 0 Å². The highest BCUT2D eigenvalue weighted by molar-refractivity contribution is 7.89. The van der Waals surface area contributed by atoms with Gasteiger partial charge in [0.25, 0.3) is 5.91 Å². The molecule has 0 unspecified atom stereocenters. The maximum Gasteiger partial charge on any atom is 0.253 e. The summed E-state index contributed by atoms with van der Waals surface area (Å²) in [6.07, 6.45) is 0.826. The Morgan fingerprint density at radius 3 is 2.38 bits per heavy atom. The summed E-state index contributed by atoms with van der Waals surface area (Å²) in [6.45, 7) is 7.21. The van der Waals surface area contributed by atoms with Gasteiger partial charge in [-0.25, -0.2) is 8.42 Å². The minimum Gasteiger partial charge on any atom is -0.338 e. The van der Waals surface area contributed by atoms with Crippen LogP contribution in [0.2, 0.25) is 5.02 Å². The standard InChI is InChI=1S/C18H28ClN3O3S/c1-15(2)7-10-21(18(23)16-3-5-17(19)6-4-16)13-14-26(24,25)22-11-8-20-9-12-22/h3-6,15,20H,7-14H2,1-2H3. The Kier molecular flexibility index (Phi) is 7.88. The quantitative estimate of drug-likeness (QED) is 0.723. The fourth-order valence-electron chi connectivity index (χ4n) is 2.78. The third-order valence-corrected chi connectivity index (χ3v) is 6.55. The second-order valence-electron chi connectivity index (χ2n) is 6.95. The van der Waals surface area contributed by atoms with Gasteiger partial charge in [-0.3, -0.25) is 4.79 Å². The van der Waals surface area contributed by atoms with Gasteiger partial charge in [-0.15, -0.1) is 0 Å². The van der Waals surface area contributed by atoms with E-state index in [2.05, 4.69) is 19.2 Å². The van der Waals surface area contributed by atoms with Crippen molar-refractivity contribution in [3.63, 3.8) is 0 Å². The molecule has 1 aliphatic heterocycles. The molecular formula is C18H28ClN3O3S. The van der Waals surface area contributed by atoms with E-state index in [0.717, 1.165) is 6.42 Å². The Bertz CT molecular complexity index is 686. The van der Waals surface area contributed by atoms with Gasteiger partial charge in [0, 0.05) is 49.9 Å². The molecule has 0 atom stereocenters. The Morgan fingerprint density at radius 2 is 1.81 bits per heavy atom. The second-order valence-corrected chi connectivity index (χ2v) is 9.47. The van der Waals surface area contributed by atoms with Crippen molar-refractivity contribution in [3.8, 4) is 0 Å². The average Bonchev–Trinajstić information content (AvgIpc) is 2.62. The van der Waals surface area contributed by atoms with Crippen LogP contribution < -0.4 is 5.32 Å². The number of hydrogen-bond donors (Lipinski definition) is 1. The van der Waals surface area contributed by atoms with Crippen LogP contribution in [0.25, 0.3) is 0 Å². The molecule has 146 valence electrons. The van der Waals surface area contributed by atoms with Crippen molar-refractivity contribution in [3.05, 3.63) is 34.9 Å². The monoisotopic (exact) mass is 401 g/mol. The summed E-state index contributed by atoms with van der Waals surface area (Å²) < 4.78 is 26.7. The summed E-state index contributed by atoms with van der Waals surface area (Å²) in [6, 6.07) is 6.70. The second kappa shape index (κ2) is 9.69. The van der Waals surface area contributed by atoms with Gasteiger partial charge < -0.3 is 10.2 Å². The minimum atomic E-state index is -3.36. The van der Waals surface area contributed by atoms with Crippen molar-refractivity contribution < 1.29 is 13.2 Å². The molecule has 6 nitrogen and oxygen atoms in total. The van der Waals surface area contributed by atoms with Crippen LogP contribution in [-0.2, 0) is 10.0 Å². The Balaban J connectivity index is 2.06. The first-order chi connectivity index (χ1) is 12.3. The highest BCUT2D eigenvalue weighted by Crippen LogP contribution is 2.14. The van der Waals surface area contributed by atoms with Crippen molar-refractivity contribution in [2.24, 2.45) is 5.92 Å². The summed E-state index contributed by atoms with van der Waals surface area (Å²) in [5, 5.41) is 3.71. The first-order valence-corrected chi connectivity index (χ1v) is 11.0. The van der Waals surface area contributed by atoms with Crippen LogP contribution in [0, 0.1) is 5.92 Å². The average molecular weight is 402 g/mol. The number of amides is 1. The zero-order chi connectivity index (χ0) is 19.2. The number of nitrogens with zero attached hydrogens (tertiary/aromatic N) is 2. The maximum atomic E-state index is 12.8. The highest BCUT2D eigenvalue weighted by atomic mass is 35.5. The molecule has 1 aromatic carbocycles. The number of carbonyl (C=O) groups excluding carboxylic acids is 1. The number of carbonyl (C=O) groups is 1. The minimum absolute atomic E-state index is 0.0512. The van der Waals surface area contributed by atoms with Crippen LogP contribution in [0.3, 0.4) is 0 Å². The molecular weight excluding hydrogens is 374 g/mol. The molecule has 1 fully saturated rings. The van der Waals surface area contributed by atoms with Crippen LogP contribution in [0.15, 0.2) is 24.3 Å². The van der Waals surface area contributed by atoms with E-state index in [0.29, 0.717) is 49.2 Å². The van der Waals surface area contributed by atoms with Crippen molar-refractivity contribution in [1.29, 1.82) is 0 Å². The number of rotatable bonds is 8. The topological polar surface area (TPSA) is 69.7 Å². The molecule has 0 aliphatic carbocycles. The smallest absolute Gasteiger partial charge is 0.253 e. The third-order valence-electron chi connectivity index (χ3n) is 4.44. The molecule has 0 saturated carbocycles. The first-order valence-electron chi connectivity index (χ1n) is 9.03. The molecule has 1 amide bonds. The predicted octanol–water partition coefficient (Wildman–Crippen LogP) is 2.06. The lowest BCUT2D eigenvalue weighted by Gasteiger charge is -2.29. The number of benzene rings is 1. The molecule has 0 bridgehead atoms. The van der Waals surface area contributed by atoms with Crippen LogP contribution in [0.1, 0.15) is 30.6 Å². The fraction of sp³-hybridized carbons (Fsp3) is 0.611. The first kappa shape index (κ1) is 21.2. The van der Waals surface area contributed by atoms with E-state index < -0.39 is 10.0 Å². The lowest BCUT2D eigenvalue weighted by atomic mass is 10.1. The predicted molar refractivity (Wildman–Crippen MR) is 105 cm³/mol. The number of sulfonamides is 1. The van der Waals surface area contributed by atoms with Gasteiger partial charge in [-0.1, -0.05) is 25.4 Å². The SMILES string of the molecule is CC(C)CCN(CCS(=O)(=O)N1CCNCC1)C(=O)c1ccc(Cl)cc1. The van der Waals surface area contributed by atoms with Gasteiger partial charge in [-0.2, -0.15) is 4.31 Å². The van der Waals surface area contributed by atoms with E-state index in [-0.39, 0.29) is 18.2 Å². The summed E-state index contributed by atoms with van der Waals surface area (Å²) in [5.41, 5.74) is 0.526. The van der Waals surface area contributed by atoms with Gasteiger partial charge in [0.2, 0.25) is 10.0 Å². The number of nitrogens with one attached hydrogen (secondary N) is 1. The molecule has 1 saturated heterocycles. The Morgan fingerprint density at radius 1 is 1.19 bits per heavy atom.